The van der Waals surface area contributed by atoms with Crippen LogP contribution < -0.4 is 10.6 Å². The fourth-order valence-corrected chi connectivity index (χ4v) is 3.29. The standard InChI is InChI=1S/C23H21FN2O2/c1-14(18-8-4-5-9-20(18)24)25-23(28)19-12-16-6-2-3-7-17(16)13-21(19)26-22(27)15-10-11-15/h2-9,12-15H,10-11H2,1H3,(H,25,28)(H,26,27)/t14-/m1/s1. The first-order valence-corrected chi connectivity index (χ1v) is 9.42. The molecular formula is C23H21FN2O2. The van der Waals surface area contributed by atoms with Gasteiger partial charge in [0.25, 0.3) is 5.91 Å². The molecule has 0 aromatic heterocycles. The van der Waals surface area contributed by atoms with Gasteiger partial charge in [-0.15, -0.1) is 0 Å². The number of nitrogens with one attached hydrogen (secondary N) is 2. The maximum absolute atomic E-state index is 14.0. The Morgan fingerprint density at radius 3 is 2.32 bits per heavy atom. The van der Waals surface area contributed by atoms with Gasteiger partial charge in [-0.1, -0.05) is 42.5 Å². The Labute approximate surface area is 162 Å². The van der Waals surface area contributed by atoms with Gasteiger partial charge in [-0.3, -0.25) is 9.59 Å². The zero-order valence-corrected chi connectivity index (χ0v) is 15.5. The van der Waals surface area contributed by atoms with Gasteiger partial charge >= 0.3 is 0 Å². The van der Waals surface area contributed by atoms with E-state index in [2.05, 4.69) is 10.6 Å². The molecule has 2 amide bonds. The van der Waals surface area contributed by atoms with Crippen molar-refractivity contribution in [2.75, 3.05) is 5.32 Å². The Morgan fingerprint density at radius 1 is 1.00 bits per heavy atom. The first-order chi connectivity index (χ1) is 13.5. The average molecular weight is 376 g/mol. The maximum atomic E-state index is 14.0. The summed E-state index contributed by atoms with van der Waals surface area (Å²) in [6.07, 6.45) is 1.76. The second-order valence-corrected chi connectivity index (χ2v) is 7.23. The molecule has 1 aliphatic rings. The number of halogens is 1. The molecule has 4 rings (SSSR count). The number of carbonyl (C=O) groups is 2. The van der Waals surface area contributed by atoms with Crippen LogP contribution in [0.4, 0.5) is 10.1 Å². The van der Waals surface area contributed by atoms with E-state index in [0.29, 0.717) is 16.8 Å². The van der Waals surface area contributed by atoms with Crippen molar-refractivity contribution in [1.82, 2.24) is 5.32 Å². The lowest BCUT2D eigenvalue weighted by molar-refractivity contribution is -0.117. The van der Waals surface area contributed by atoms with Crippen molar-refractivity contribution in [2.45, 2.75) is 25.8 Å². The van der Waals surface area contributed by atoms with E-state index < -0.39 is 6.04 Å². The minimum absolute atomic E-state index is 0.0275. The maximum Gasteiger partial charge on any atom is 0.253 e. The highest BCUT2D eigenvalue weighted by molar-refractivity contribution is 6.08. The molecule has 1 saturated carbocycles. The molecule has 0 bridgehead atoms. The summed E-state index contributed by atoms with van der Waals surface area (Å²) in [6, 6.07) is 17.1. The molecule has 28 heavy (non-hydrogen) atoms. The minimum Gasteiger partial charge on any atom is -0.345 e. The Bertz CT molecular complexity index is 1060. The highest BCUT2D eigenvalue weighted by Crippen LogP contribution is 2.32. The predicted molar refractivity (Wildman–Crippen MR) is 108 cm³/mol. The number of benzene rings is 3. The zero-order chi connectivity index (χ0) is 19.7. The molecule has 0 heterocycles. The van der Waals surface area contributed by atoms with Gasteiger partial charge in [0.1, 0.15) is 5.82 Å². The summed E-state index contributed by atoms with van der Waals surface area (Å²) in [7, 11) is 0. The van der Waals surface area contributed by atoms with E-state index in [1.165, 1.54) is 6.07 Å². The second kappa shape index (κ2) is 7.43. The van der Waals surface area contributed by atoms with Crippen LogP contribution >= 0.6 is 0 Å². The number of rotatable bonds is 5. The molecule has 0 saturated heterocycles. The molecule has 4 nitrogen and oxygen atoms in total. The van der Waals surface area contributed by atoms with E-state index in [1.807, 2.05) is 30.3 Å². The number of hydrogen-bond donors (Lipinski definition) is 2. The van der Waals surface area contributed by atoms with E-state index in [4.69, 9.17) is 0 Å². The summed E-state index contributed by atoms with van der Waals surface area (Å²) in [5.74, 6) is -0.755. The SMILES string of the molecule is C[C@@H](NC(=O)c1cc2ccccc2cc1NC(=O)C1CC1)c1ccccc1F. The third-order valence-electron chi connectivity index (χ3n) is 5.06. The highest BCUT2D eigenvalue weighted by atomic mass is 19.1. The van der Waals surface area contributed by atoms with Gasteiger partial charge in [0.15, 0.2) is 0 Å². The van der Waals surface area contributed by atoms with E-state index in [-0.39, 0.29) is 23.5 Å². The minimum atomic E-state index is -0.507. The molecule has 0 unspecified atom stereocenters. The number of anilines is 1. The van der Waals surface area contributed by atoms with Crippen molar-refractivity contribution in [3.05, 3.63) is 77.6 Å². The Hall–Kier alpha value is -3.21. The molecule has 1 fully saturated rings. The molecule has 1 aliphatic carbocycles. The van der Waals surface area contributed by atoms with Crippen LogP contribution in [0.5, 0.6) is 0 Å². The van der Waals surface area contributed by atoms with Crippen molar-refractivity contribution < 1.29 is 14.0 Å². The molecular weight excluding hydrogens is 355 g/mol. The van der Waals surface area contributed by atoms with Crippen LogP contribution in [-0.2, 0) is 4.79 Å². The molecule has 2 N–H and O–H groups in total. The van der Waals surface area contributed by atoms with Crippen molar-refractivity contribution in [1.29, 1.82) is 0 Å². The van der Waals surface area contributed by atoms with Gasteiger partial charge in [0.2, 0.25) is 5.91 Å². The smallest absolute Gasteiger partial charge is 0.253 e. The number of fused-ring (bicyclic) bond motifs is 1. The summed E-state index contributed by atoms with van der Waals surface area (Å²) < 4.78 is 14.0. The Balaban J connectivity index is 1.66. The Morgan fingerprint density at radius 2 is 1.64 bits per heavy atom. The predicted octanol–water partition coefficient (Wildman–Crippen LogP) is 4.82. The van der Waals surface area contributed by atoms with Crippen LogP contribution in [0.3, 0.4) is 0 Å². The third-order valence-corrected chi connectivity index (χ3v) is 5.06. The first kappa shape index (κ1) is 18.2. The summed E-state index contributed by atoms with van der Waals surface area (Å²) in [4.78, 5) is 25.3. The van der Waals surface area contributed by atoms with Crippen molar-refractivity contribution in [2.24, 2.45) is 5.92 Å². The van der Waals surface area contributed by atoms with Gasteiger partial charge in [0, 0.05) is 11.5 Å². The molecule has 142 valence electrons. The number of hydrogen-bond acceptors (Lipinski definition) is 2. The molecule has 5 heteroatoms. The molecule has 0 radical (unpaired) electrons. The average Bonchev–Trinajstić information content (AvgIpc) is 3.53. The molecule has 0 spiro atoms. The fraction of sp³-hybridized carbons (Fsp3) is 0.217. The number of amides is 2. The number of carbonyl (C=O) groups excluding carboxylic acids is 2. The lowest BCUT2D eigenvalue weighted by Crippen LogP contribution is -2.28. The van der Waals surface area contributed by atoms with Crippen LogP contribution in [0, 0.1) is 11.7 Å². The van der Waals surface area contributed by atoms with Crippen LogP contribution in [0.15, 0.2) is 60.7 Å². The summed E-state index contributed by atoms with van der Waals surface area (Å²) in [5, 5.41) is 7.58. The van der Waals surface area contributed by atoms with Crippen LogP contribution in [0.25, 0.3) is 10.8 Å². The van der Waals surface area contributed by atoms with Gasteiger partial charge in [-0.05, 0) is 48.7 Å². The van der Waals surface area contributed by atoms with Crippen LogP contribution in [0.2, 0.25) is 0 Å². The molecule has 3 aromatic rings. The zero-order valence-electron chi connectivity index (χ0n) is 15.5. The first-order valence-electron chi connectivity index (χ1n) is 9.42. The molecule has 1 atom stereocenters. The van der Waals surface area contributed by atoms with Gasteiger partial charge in [-0.25, -0.2) is 4.39 Å². The van der Waals surface area contributed by atoms with Crippen molar-refractivity contribution in [3.8, 4) is 0 Å². The summed E-state index contributed by atoms with van der Waals surface area (Å²) in [6.45, 7) is 1.74. The van der Waals surface area contributed by atoms with E-state index in [9.17, 15) is 14.0 Å². The lowest BCUT2D eigenvalue weighted by Gasteiger charge is -2.18. The monoisotopic (exact) mass is 376 g/mol. The van der Waals surface area contributed by atoms with Gasteiger partial charge < -0.3 is 10.6 Å². The fourth-order valence-electron chi connectivity index (χ4n) is 3.29. The molecule has 3 aromatic carbocycles. The van der Waals surface area contributed by atoms with Gasteiger partial charge in [-0.2, -0.15) is 0 Å². The van der Waals surface area contributed by atoms with Crippen molar-refractivity contribution in [3.63, 3.8) is 0 Å². The van der Waals surface area contributed by atoms with Gasteiger partial charge in [0.05, 0.1) is 17.3 Å². The normalized spacial score (nSPS) is 14.5. The molecule has 0 aliphatic heterocycles. The quantitative estimate of drug-likeness (QED) is 0.671. The van der Waals surface area contributed by atoms with Crippen LogP contribution in [-0.4, -0.2) is 11.8 Å². The van der Waals surface area contributed by atoms with Crippen molar-refractivity contribution >= 4 is 28.3 Å². The van der Waals surface area contributed by atoms with E-state index >= 15 is 0 Å². The lowest BCUT2D eigenvalue weighted by atomic mass is 10.0. The summed E-state index contributed by atoms with van der Waals surface area (Å²) in [5.41, 5.74) is 1.27. The van der Waals surface area contributed by atoms with E-state index in [0.717, 1.165) is 23.6 Å². The van der Waals surface area contributed by atoms with Crippen LogP contribution in [0.1, 0.15) is 41.7 Å². The topological polar surface area (TPSA) is 58.2 Å². The largest absolute Gasteiger partial charge is 0.345 e. The van der Waals surface area contributed by atoms with E-state index in [1.54, 1.807) is 31.2 Å². The third kappa shape index (κ3) is 3.74. The Kier molecular flexibility index (Phi) is 4.82. The summed E-state index contributed by atoms with van der Waals surface area (Å²) >= 11 is 0. The second-order valence-electron chi connectivity index (χ2n) is 7.23. The highest BCUT2D eigenvalue weighted by Gasteiger charge is 2.30.